The summed E-state index contributed by atoms with van der Waals surface area (Å²) < 4.78 is 0. The third-order valence-electron chi connectivity index (χ3n) is 3.39. The zero-order valence-corrected chi connectivity index (χ0v) is 11.7. The largest absolute Gasteiger partial charge is 0.392 e. The number of hydrogen-bond donors (Lipinski definition) is 2. The third kappa shape index (κ3) is 4.49. The van der Waals surface area contributed by atoms with Crippen molar-refractivity contribution < 1.29 is 9.90 Å². The van der Waals surface area contributed by atoms with Crippen molar-refractivity contribution in [3.8, 4) is 0 Å². The van der Waals surface area contributed by atoms with Gasteiger partial charge in [-0.2, -0.15) is 0 Å². The average molecular weight is 249 g/mol. The van der Waals surface area contributed by atoms with Gasteiger partial charge in [-0.15, -0.1) is 0 Å². The van der Waals surface area contributed by atoms with E-state index in [0.29, 0.717) is 12.3 Å². The van der Waals surface area contributed by atoms with Crippen LogP contribution >= 0.6 is 0 Å². The van der Waals surface area contributed by atoms with E-state index in [2.05, 4.69) is 33.0 Å². The van der Waals surface area contributed by atoms with Crippen LogP contribution in [0.2, 0.25) is 0 Å². The number of anilines is 1. The summed E-state index contributed by atoms with van der Waals surface area (Å²) >= 11 is 0. The van der Waals surface area contributed by atoms with E-state index in [9.17, 15) is 4.79 Å². The lowest BCUT2D eigenvalue weighted by atomic mass is 9.80. The van der Waals surface area contributed by atoms with Crippen LogP contribution in [0.3, 0.4) is 0 Å². The molecule has 1 amide bonds. The molecular formula is C15H23NO2. The molecule has 3 nitrogen and oxygen atoms in total. The van der Waals surface area contributed by atoms with Crippen LogP contribution in [-0.4, -0.2) is 11.0 Å². The summed E-state index contributed by atoms with van der Waals surface area (Å²) in [6.45, 7) is 8.53. The molecule has 0 spiro atoms. The summed E-state index contributed by atoms with van der Waals surface area (Å²) in [5.74, 6) is 0.364. The molecule has 1 rings (SSSR count). The predicted octanol–water partition coefficient (Wildman–Crippen LogP) is 3.19. The van der Waals surface area contributed by atoms with Crippen LogP contribution in [0.25, 0.3) is 0 Å². The highest BCUT2D eigenvalue weighted by Crippen LogP contribution is 2.28. The van der Waals surface area contributed by atoms with Gasteiger partial charge in [0.25, 0.3) is 0 Å². The Labute approximate surface area is 109 Å². The van der Waals surface area contributed by atoms with E-state index < -0.39 is 0 Å². The highest BCUT2D eigenvalue weighted by Gasteiger charge is 2.22. The van der Waals surface area contributed by atoms with Gasteiger partial charge >= 0.3 is 0 Å². The summed E-state index contributed by atoms with van der Waals surface area (Å²) in [6.07, 6.45) is 0.519. The van der Waals surface area contributed by atoms with Crippen molar-refractivity contribution in [3.05, 3.63) is 29.8 Å². The minimum Gasteiger partial charge on any atom is -0.392 e. The maximum atomic E-state index is 11.9. The fourth-order valence-corrected chi connectivity index (χ4v) is 1.49. The van der Waals surface area contributed by atoms with E-state index in [-0.39, 0.29) is 17.9 Å². The number of hydrogen-bond acceptors (Lipinski definition) is 2. The van der Waals surface area contributed by atoms with Gasteiger partial charge in [0.15, 0.2) is 0 Å². The molecule has 0 aliphatic heterocycles. The van der Waals surface area contributed by atoms with Crippen molar-refractivity contribution in [2.45, 2.75) is 40.7 Å². The van der Waals surface area contributed by atoms with E-state index in [1.54, 1.807) is 0 Å². The van der Waals surface area contributed by atoms with Crippen LogP contribution in [0.4, 0.5) is 5.69 Å². The number of rotatable bonds is 4. The zero-order valence-electron chi connectivity index (χ0n) is 11.7. The average Bonchev–Trinajstić information content (AvgIpc) is 2.28. The number of carbonyl (C=O) groups is 1. The standard InChI is InChI=1S/C15H23NO2/c1-11(15(2,3)4)9-14(18)16-13-7-5-12(10-17)6-8-13/h5-8,11,17H,9-10H2,1-4H3,(H,16,18). The second-order valence-corrected chi connectivity index (χ2v) is 5.87. The second-order valence-electron chi connectivity index (χ2n) is 5.87. The van der Waals surface area contributed by atoms with E-state index in [1.165, 1.54) is 0 Å². The van der Waals surface area contributed by atoms with E-state index in [4.69, 9.17) is 5.11 Å². The molecule has 0 heterocycles. The van der Waals surface area contributed by atoms with Crippen molar-refractivity contribution in [2.24, 2.45) is 11.3 Å². The number of nitrogens with one attached hydrogen (secondary N) is 1. The molecule has 1 unspecified atom stereocenters. The molecule has 0 aliphatic rings. The molecule has 0 fully saturated rings. The molecule has 2 N–H and O–H groups in total. The fourth-order valence-electron chi connectivity index (χ4n) is 1.49. The lowest BCUT2D eigenvalue weighted by Crippen LogP contribution is -2.23. The van der Waals surface area contributed by atoms with Gasteiger partial charge in [-0.1, -0.05) is 39.8 Å². The molecule has 0 bridgehead atoms. The van der Waals surface area contributed by atoms with Crippen molar-refractivity contribution in [2.75, 3.05) is 5.32 Å². The first-order valence-corrected chi connectivity index (χ1v) is 6.32. The number of amides is 1. The molecule has 18 heavy (non-hydrogen) atoms. The predicted molar refractivity (Wildman–Crippen MR) is 74.2 cm³/mol. The molecule has 1 aromatic carbocycles. The maximum Gasteiger partial charge on any atom is 0.224 e. The molecule has 100 valence electrons. The lowest BCUT2D eigenvalue weighted by Gasteiger charge is -2.26. The third-order valence-corrected chi connectivity index (χ3v) is 3.39. The Bertz CT molecular complexity index is 390. The topological polar surface area (TPSA) is 49.3 Å². The Hall–Kier alpha value is -1.35. The van der Waals surface area contributed by atoms with E-state index in [0.717, 1.165) is 11.3 Å². The van der Waals surface area contributed by atoms with Crippen molar-refractivity contribution in [3.63, 3.8) is 0 Å². The quantitative estimate of drug-likeness (QED) is 0.861. The van der Waals surface area contributed by atoms with Crippen LogP contribution in [0.15, 0.2) is 24.3 Å². The molecule has 3 heteroatoms. The Morgan fingerprint density at radius 1 is 1.28 bits per heavy atom. The Morgan fingerprint density at radius 3 is 2.28 bits per heavy atom. The molecule has 0 radical (unpaired) electrons. The molecule has 0 aliphatic carbocycles. The first-order valence-electron chi connectivity index (χ1n) is 6.32. The number of carbonyl (C=O) groups excluding carboxylic acids is 1. The minimum atomic E-state index is 0.0231. The lowest BCUT2D eigenvalue weighted by molar-refractivity contribution is -0.117. The highest BCUT2D eigenvalue weighted by atomic mass is 16.3. The Balaban J connectivity index is 2.54. The summed E-state index contributed by atoms with van der Waals surface area (Å²) in [4.78, 5) is 11.9. The van der Waals surface area contributed by atoms with Gasteiger partial charge < -0.3 is 10.4 Å². The second kappa shape index (κ2) is 6.01. The van der Waals surface area contributed by atoms with Crippen LogP contribution in [-0.2, 0) is 11.4 Å². The van der Waals surface area contributed by atoms with Crippen LogP contribution in [0.1, 0.15) is 39.7 Å². The molecule has 0 saturated carbocycles. The van der Waals surface area contributed by atoms with Crippen LogP contribution in [0.5, 0.6) is 0 Å². The Kier molecular flexibility index (Phi) is 4.91. The van der Waals surface area contributed by atoms with Crippen LogP contribution < -0.4 is 5.32 Å². The minimum absolute atomic E-state index is 0.0231. The van der Waals surface area contributed by atoms with Gasteiger partial charge in [0.05, 0.1) is 6.61 Å². The molecule has 1 aromatic rings. The number of aliphatic hydroxyl groups excluding tert-OH is 1. The molecular weight excluding hydrogens is 226 g/mol. The normalized spacial score (nSPS) is 13.2. The molecule has 0 aromatic heterocycles. The van der Waals surface area contributed by atoms with Crippen molar-refractivity contribution >= 4 is 11.6 Å². The van der Waals surface area contributed by atoms with Crippen molar-refractivity contribution in [1.82, 2.24) is 0 Å². The summed E-state index contributed by atoms with van der Waals surface area (Å²) in [5.41, 5.74) is 1.76. The smallest absolute Gasteiger partial charge is 0.224 e. The van der Waals surface area contributed by atoms with Crippen LogP contribution in [0, 0.1) is 11.3 Å². The van der Waals surface area contributed by atoms with Gasteiger partial charge in [0.1, 0.15) is 0 Å². The fraction of sp³-hybridized carbons (Fsp3) is 0.533. The van der Waals surface area contributed by atoms with Gasteiger partial charge in [0.2, 0.25) is 5.91 Å². The summed E-state index contributed by atoms with van der Waals surface area (Å²) in [5, 5.41) is 11.8. The number of benzene rings is 1. The van der Waals surface area contributed by atoms with E-state index in [1.807, 2.05) is 24.3 Å². The van der Waals surface area contributed by atoms with Gasteiger partial charge in [-0.05, 0) is 29.0 Å². The number of aliphatic hydroxyl groups is 1. The van der Waals surface area contributed by atoms with Crippen molar-refractivity contribution in [1.29, 1.82) is 0 Å². The summed E-state index contributed by atoms with van der Waals surface area (Å²) in [7, 11) is 0. The van der Waals surface area contributed by atoms with E-state index >= 15 is 0 Å². The van der Waals surface area contributed by atoms with Gasteiger partial charge in [-0.3, -0.25) is 4.79 Å². The summed E-state index contributed by atoms with van der Waals surface area (Å²) in [6, 6.07) is 7.24. The van der Waals surface area contributed by atoms with Gasteiger partial charge in [0, 0.05) is 12.1 Å². The zero-order chi connectivity index (χ0) is 13.8. The van der Waals surface area contributed by atoms with Gasteiger partial charge in [-0.25, -0.2) is 0 Å². The maximum absolute atomic E-state index is 11.9. The molecule has 1 atom stereocenters. The monoisotopic (exact) mass is 249 g/mol. The first kappa shape index (κ1) is 14.7. The highest BCUT2D eigenvalue weighted by molar-refractivity contribution is 5.90. The SMILES string of the molecule is CC(CC(=O)Nc1ccc(CO)cc1)C(C)(C)C. The Morgan fingerprint density at radius 2 is 1.83 bits per heavy atom. The molecule has 0 saturated heterocycles. The first-order chi connectivity index (χ1) is 8.32.